The smallest absolute Gasteiger partial charge is 0.242 e. The second-order valence-electron chi connectivity index (χ2n) is 6.51. The molecule has 0 spiro atoms. The summed E-state index contributed by atoms with van der Waals surface area (Å²) < 4.78 is 41.3. The molecule has 0 bridgehead atoms. The molecule has 30 heavy (non-hydrogen) atoms. The number of hydrogen-bond acceptors (Lipinski definition) is 4. The van der Waals surface area contributed by atoms with Gasteiger partial charge in [-0.05, 0) is 54.6 Å². The van der Waals surface area contributed by atoms with Crippen LogP contribution in [0.3, 0.4) is 0 Å². The highest BCUT2D eigenvalue weighted by atomic mass is 32.2. The molecule has 2 N–H and O–H groups in total. The van der Waals surface area contributed by atoms with E-state index in [0.29, 0.717) is 5.69 Å². The Morgan fingerprint density at radius 3 is 2.27 bits per heavy atom. The number of sulfonamides is 1. The minimum atomic E-state index is -4.03. The molecule has 0 radical (unpaired) electrons. The number of anilines is 1. The molecule has 3 aromatic carbocycles. The Labute approximate surface area is 179 Å². The first-order chi connectivity index (χ1) is 14.4. The highest BCUT2D eigenvalue weighted by Gasteiger charge is 2.26. The lowest BCUT2D eigenvalue weighted by molar-refractivity contribution is -0.117. The van der Waals surface area contributed by atoms with Crippen molar-refractivity contribution in [2.75, 3.05) is 11.6 Å². The molecule has 0 fully saturated rings. The summed E-state index contributed by atoms with van der Waals surface area (Å²) in [5.74, 6) is -1.02. The largest absolute Gasteiger partial charge is 0.324 e. The van der Waals surface area contributed by atoms with Crippen molar-refractivity contribution in [3.05, 3.63) is 90.2 Å². The molecule has 0 saturated heterocycles. The maximum Gasteiger partial charge on any atom is 0.242 e. The predicted octanol–water partition coefficient (Wildman–Crippen LogP) is 4.08. The Morgan fingerprint density at radius 2 is 1.60 bits per heavy atom. The number of para-hydroxylation sites is 1. The van der Waals surface area contributed by atoms with E-state index in [1.54, 1.807) is 12.1 Å². The molecule has 0 aliphatic rings. The van der Waals surface area contributed by atoms with Crippen molar-refractivity contribution in [3.63, 3.8) is 0 Å². The van der Waals surface area contributed by atoms with Gasteiger partial charge in [-0.1, -0.05) is 42.5 Å². The van der Waals surface area contributed by atoms with Crippen LogP contribution in [0.15, 0.2) is 88.7 Å². The average molecular weight is 445 g/mol. The van der Waals surface area contributed by atoms with Crippen LogP contribution in [0.5, 0.6) is 0 Å². The molecule has 5 nitrogen and oxygen atoms in total. The Hall–Kier alpha value is -2.68. The molecule has 8 heteroatoms. The highest BCUT2D eigenvalue weighted by Crippen LogP contribution is 2.25. The number of carbonyl (C=O) groups excluding carboxylic acids is 1. The van der Waals surface area contributed by atoms with Gasteiger partial charge < -0.3 is 5.32 Å². The molecule has 0 aliphatic carbocycles. The van der Waals surface area contributed by atoms with Gasteiger partial charge in [0.25, 0.3) is 0 Å². The minimum Gasteiger partial charge on any atom is -0.324 e. The fourth-order valence-corrected chi connectivity index (χ4v) is 4.62. The minimum absolute atomic E-state index is 0.112. The van der Waals surface area contributed by atoms with Gasteiger partial charge in [-0.25, -0.2) is 12.8 Å². The molecule has 3 rings (SSSR count). The van der Waals surface area contributed by atoms with Crippen molar-refractivity contribution < 1.29 is 17.6 Å². The summed E-state index contributed by atoms with van der Waals surface area (Å²) in [6.07, 6.45) is 2.05. The van der Waals surface area contributed by atoms with Crippen LogP contribution in [0.4, 0.5) is 10.1 Å². The highest BCUT2D eigenvalue weighted by molar-refractivity contribution is 7.98. The van der Waals surface area contributed by atoms with E-state index in [1.165, 1.54) is 11.8 Å². The molecule has 1 unspecified atom stereocenters. The molecule has 0 saturated carbocycles. The Bertz CT molecular complexity index is 1100. The lowest BCUT2D eigenvalue weighted by Gasteiger charge is -2.19. The Kier molecular flexibility index (Phi) is 7.25. The molecule has 1 amide bonds. The number of benzene rings is 3. The van der Waals surface area contributed by atoms with Crippen molar-refractivity contribution >= 4 is 33.4 Å². The first-order valence-corrected chi connectivity index (χ1v) is 11.9. The first-order valence-electron chi connectivity index (χ1n) is 9.15. The van der Waals surface area contributed by atoms with Crippen LogP contribution in [0.25, 0.3) is 0 Å². The fourth-order valence-electron chi connectivity index (χ4n) is 2.87. The van der Waals surface area contributed by atoms with E-state index in [9.17, 15) is 17.6 Å². The number of carbonyl (C=O) groups is 1. The SMILES string of the molecule is CSc1ccccc1NC(=O)C(Cc1ccccc1)NS(=O)(=O)c1ccc(F)cc1. The van der Waals surface area contributed by atoms with Crippen LogP contribution in [0.1, 0.15) is 5.56 Å². The van der Waals surface area contributed by atoms with Crippen LogP contribution in [-0.2, 0) is 21.2 Å². The lowest BCUT2D eigenvalue weighted by Crippen LogP contribution is -2.45. The van der Waals surface area contributed by atoms with Crippen molar-refractivity contribution in [3.8, 4) is 0 Å². The summed E-state index contributed by atoms with van der Waals surface area (Å²) in [5, 5.41) is 2.82. The number of amides is 1. The van der Waals surface area contributed by atoms with Gasteiger partial charge >= 0.3 is 0 Å². The van der Waals surface area contributed by atoms with Crippen LogP contribution >= 0.6 is 11.8 Å². The summed E-state index contributed by atoms with van der Waals surface area (Å²) in [6.45, 7) is 0. The van der Waals surface area contributed by atoms with E-state index in [0.717, 1.165) is 34.7 Å². The second-order valence-corrected chi connectivity index (χ2v) is 9.07. The number of thioether (sulfide) groups is 1. The third-order valence-corrected chi connectivity index (χ3v) is 6.67. The first kappa shape index (κ1) is 22.0. The second kappa shape index (κ2) is 9.88. The van der Waals surface area contributed by atoms with Crippen molar-refractivity contribution in [2.24, 2.45) is 0 Å². The predicted molar refractivity (Wildman–Crippen MR) is 118 cm³/mol. The molecular formula is C22H21FN2O3S2. The Balaban J connectivity index is 1.88. The molecule has 3 aromatic rings. The summed E-state index contributed by atoms with van der Waals surface area (Å²) in [7, 11) is -4.03. The quantitative estimate of drug-likeness (QED) is 0.514. The number of halogens is 1. The standard InChI is InChI=1S/C22H21FN2O3S2/c1-29-21-10-6-5-9-19(21)24-22(26)20(15-16-7-3-2-4-8-16)25-30(27,28)18-13-11-17(23)12-14-18/h2-14,20,25H,15H2,1H3,(H,24,26). The van der Waals surface area contributed by atoms with Gasteiger partial charge in [-0.2, -0.15) is 4.72 Å². The monoisotopic (exact) mass is 444 g/mol. The fraction of sp³-hybridized carbons (Fsp3) is 0.136. The van der Waals surface area contributed by atoms with E-state index in [2.05, 4.69) is 10.0 Å². The van der Waals surface area contributed by atoms with Crippen LogP contribution in [0, 0.1) is 5.82 Å². The average Bonchev–Trinajstić information content (AvgIpc) is 2.74. The zero-order chi connectivity index (χ0) is 21.6. The zero-order valence-corrected chi connectivity index (χ0v) is 17.8. The van der Waals surface area contributed by atoms with Crippen molar-refractivity contribution in [1.82, 2.24) is 4.72 Å². The van der Waals surface area contributed by atoms with E-state index in [-0.39, 0.29) is 11.3 Å². The molecule has 156 valence electrons. The lowest BCUT2D eigenvalue weighted by atomic mass is 10.1. The number of nitrogens with one attached hydrogen (secondary N) is 2. The third kappa shape index (κ3) is 5.69. The van der Waals surface area contributed by atoms with Gasteiger partial charge in [0.1, 0.15) is 11.9 Å². The van der Waals surface area contributed by atoms with E-state index >= 15 is 0 Å². The number of rotatable bonds is 8. The Morgan fingerprint density at radius 1 is 0.967 bits per heavy atom. The molecule has 1 atom stereocenters. The molecule has 0 heterocycles. The van der Waals surface area contributed by atoms with Gasteiger partial charge in [0.2, 0.25) is 15.9 Å². The number of hydrogen-bond donors (Lipinski definition) is 2. The zero-order valence-electron chi connectivity index (χ0n) is 16.2. The van der Waals surface area contributed by atoms with E-state index in [1.807, 2.05) is 48.7 Å². The molecular weight excluding hydrogens is 423 g/mol. The summed E-state index contributed by atoms with van der Waals surface area (Å²) in [6, 6.07) is 19.8. The van der Waals surface area contributed by atoms with Gasteiger partial charge in [-0.15, -0.1) is 11.8 Å². The summed E-state index contributed by atoms with van der Waals surface area (Å²) in [5.41, 5.74) is 1.41. The third-order valence-electron chi connectivity index (χ3n) is 4.39. The van der Waals surface area contributed by atoms with Crippen LogP contribution < -0.4 is 10.0 Å². The van der Waals surface area contributed by atoms with E-state index in [4.69, 9.17) is 0 Å². The normalized spacial score (nSPS) is 12.3. The van der Waals surface area contributed by atoms with Crippen LogP contribution in [-0.4, -0.2) is 26.6 Å². The van der Waals surface area contributed by atoms with Gasteiger partial charge in [0.05, 0.1) is 10.6 Å². The maximum absolute atomic E-state index is 13.2. The summed E-state index contributed by atoms with van der Waals surface area (Å²) in [4.78, 5) is 13.8. The van der Waals surface area contributed by atoms with Crippen molar-refractivity contribution in [2.45, 2.75) is 22.3 Å². The topological polar surface area (TPSA) is 75.3 Å². The maximum atomic E-state index is 13.2. The van der Waals surface area contributed by atoms with Gasteiger partial charge in [-0.3, -0.25) is 4.79 Å². The summed E-state index contributed by atoms with van der Waals surface area (Å²) >= 11 is 1.48. The van der Waals surface area contributed by atoms with Gasteiger partial charge in [0, 0.05) is 4.90 Å². The van der Waals surface area contributed by atoms with E-state index < -0.39 is 27.8 Å². The van der Waals surface area contributed by atoms with Crippen LogP contribution in [0.2, 0.25) is 0 Å². The van der Waals surface area contributed by atoms with Crippen molar-refractivity contribution in [1.29, 1.82) is 0 Å². The molecule has 0 aromatic heterocycles. The van der Waals surface area contributed by atoms with Gasteiger partial charge in [0.15, 0.2) is 0 Å². The molecule has 0 aliphatic heterocycles.